The number of anilines is 1. The van der Waals surface area contributed by atoms with E-state index in [9.17, 15) is 4.79 Å². The minimum Gasteiger partial charge on any atom is -0.444 e. The number of carbonyl (C=O) groups is 1. The molecule has 2 aromatic carbocycles. The Morgan fingerprint density at radius 1 is 1.19 bits per heavy atom. The number of aromatic nitrogens is 2. The zero-order chi connectivity index (χ0) is 18.4. The molecule has 0 atom stereocenters. The fourth-order valence-corrected chi connectivity index (χ4v) is 2.92. The fraction of sp³-hybridized carbons (Fsp3) is 0.105. The van der Waals surface area contributed by atoms with E-state index in [1.165, 1.54) is 0 Å². The van der Waals surface area contributed by atoms with Gasteiger partial charge in [0.1, 0.15) is 12.0 Å². The van der Waals surface area contributed by atoms with Gasteiger partial charge in [-0.1, -0.05) is 48.5 Å². The summed E-state index contributed by atoms with van der Waals surface area (Å²) in [4.78, 5) is 12.9. The maximum absolute atomic E-state index is 12.3. The van der Waals surface area contributed by atoms with Crippen LogP contribution in [0.2, 0.25) is 0 Å². The summed E-state index contributed by atoms with van der Waals surface area (Å²) in [6.45, 7) is 1.95. The minimum atomic E-state index is -0.606. The van der Waals surface area contributed by atoms with Gasteiger partial charge in [0.05, 0.1) is 16.3 Å². The van der Waals surface area contributed by atoms with E-state index in [0.29, 0.717) is 16.4 Å². The quantitative estimate of drug-likeness (QED) is 0.532. The normalized spacial score (nSPS) is 10.2. The molecular formula is C19H16N4O2S. The summed E-state index contributed by atoms with van der Waals surface area (Å²) in [7, 11) is 0. The van der Waals surface area contributed by atoms with Crippen LogP contribution in [0.3, 0.4) is 0 Å². The first-order chi connectivity index (χ1) is 12.7. The Hall–Kier alpha value is -3.24. The van der Waals surface area contributed by atoms with E-state index in [2.05, 4.69) is 10.4 Å². The van der Waals surface area contributed by atoms with Crippen molar-refractivity contribution >= 4 is 23.7 Å². The van der Waals surface area contributed by atoms with Gasteiger partial charge in [0.25, 0.3) is 0 Å². The maximum atomic E-state index is 12.3. The number of thioether (sulfide) groups is 1. The van der Waals surface area contributed by atoms with Crippen molar-refractivity contribution in [2.45, 2.75) is 18.4 Å². The second-order valence-corrected chi connectivity index (χ2v) is 6.19. The SMILES string of the molecule is Cc1nn(-c2ccccc2)c(NC(=O)OCc2ccccc2)c1SC#N. The van der Waals surface area contributed by atoms with Gasteiger partial charge in [-0.2, -0.15) is 10.4 Å². The highest BCUT2D eigenvalue weighted by atomic mass is 32.2. The van der Waals surface area contributed by atoms with Crippen molar-refractivity contribution in [3.05, 3.63) is 71.9 Å². The molecule has 0 saturated carbocycles. The van der Waals surface area contributed by atoms with Gasteiger partial charge in [0.2, 0.25) is 0 Å². The predicted molar refractivity (Wildman–Crippen MR) is 100 cm³/mol. The molecule has 130 valence electrons. The lowest BCUT2D eigenvalue weighted by Crippen LogP contribution is -2.16. The number of aryl methyl sites for hydroxylation is 1. The number of carbonyl (C=O) groups excluding carboxylic acids is 1. The summed E-state index contributed by atoms with van der Waals surface area (Å²) >= 11 is 0.952. The number of para-hydroxylation sites is 1. The van der Waals surface area contributed by atoms with Gasteiger partial charge < -0.3 is 4.74 Å². The number of nitriles is 1. The van der Waals surface area contributed by atoms with E-state index >= 15 is 0 Å². The lowest BCUT2D eigenvalue weighted by molar-refractivity contribution is 0.155. The van der Waals surface area contributed by atoms with Crippen LogP contribution >= 0.6 is 11.8 Å². The highest BCUT2D eigenvalue weighted by Crippen LogP contribution is 2.32. The number of rotatable bonds is 5. The van der Waals surface area contributed by atoms with Gasteiger partial charge in [-0.05, 0) is 36.4 Å². The average Bonchev–Trinajstić information content (AvgIpc) is 2.98. The van der Waals surface area contributed by atoms with Crippen molar-refractivity contribution < 1.29 is 9.53 Å². The number of hydrogen-bond donors (Lipinski definition) is 1. The maximum Gasteiger partial charge on any atom is 0.413 e. The van der Waals surface area contributed by atoms with Crippen molar-refractivity contribution in [3.63, 3.8) is 0 Å². The average molecular weight is 364 g/mol. The third kappa shape index (κ3) is 4.05. The summed E-state index contributed by atoms with van der Waals surface area (Å²) in [5.41, 5.74) is 2.32. The first kappa shape index (κ1) is 17.6. The van der Waals surface area contributed by atoms with Crippen LogP contribution in [0, 0.1) is 17.6 Å². The molecular weight excluding hydrogens is 348 g/mol. The Morgan fingerprint density at radius 2 is 1.85 bits per heavy atom. The Kier molecular flexibility index (Phi) is 5.56. The van der Waals surface area contributed by atoms with E-state index in [4.69, 9.17) is 10.00 Å². The van der Waals surface area contributed by atoms with Crippen molar-refractivity contribution in [1.29, 1.82) is 5.26 Å². The van der Waals surface area contributed by atoms with Gasteiger partial charge >= 0.3 is 6.09 Å². The second kappa shape index (κ2) is 8.23. The molecule has 6 nitrogen and oxygen atoms in total. The smallest absolute Gasteiger partial charge is 0.413 e. The molecule has 0 spiro atoms. The topological polar surface area (TPSA) is 79.9 Å². The van der Waals surface area contributed by atoms with Gasteiger partial charge in [0.15, 0.2) is 5.82 Å². The third-order valence-electron chi connectivity index (χ3n) is 3.59. The molecule has 3 aromatic rings. The van der Waals surface area contributed by atoms with Crippen LogP contribution in [0.1, 0.15) is 11.3 Å². The first-order valence-electron chi connectivity index (χ1n) is 7.87. The lowest BCUT2D eigenvalue weighted by Gasteiger charge is -2.10. The van der Waals surface area contributed by atoms with E-state index in [1.807, 2.05) is 66.1 Å². The molecule has 0 aliphatic rings. The van der Waals surface area contributed by atoms with Crippen LogP contribution < -0.4 is 5.32 Å². The molecule has 0 fully saturated rings. The summed E-state index contributed by atoms with van der Waals surface area (Å²) in [6.07, 6.45) is -0.606. The van der Waals surface area contributed by atoms with Crippen LogP contribution in [0.15, 0.2) is 65.6 Å². The molecule has 3 rings (SSSR count). The van der Waals surface area contributed by atoms with Crippen molar-refractivity contribution in [2.24, 2.45) is 0 Å². The number of nitrogens with zero attached hydrogens (tertiary/aromatic N) is 3. The van der Waals surface area contributed by atoms with Gasteiger partial charge in [0, 0.05) is 0 Å². The van der Waals surface area contributed by atoms with Gasteiger partial charge in [-0.15, -0.1) is 0 Å². The van der Waals surface area contributed by atoms with Crippen LogP contribution in [0.25, 0.3) is 5.69 Å². The zero-order valence-corrected chi connectivity index (χ0v) is 14.9. The molecule has 7 heteroatoms. The molecule has 1 heterocycles. The molecule has 0 saturated heterocycles. The fourth-order valence-electron chi connectivity index (χ4n) is 2.40. The van der Waals surface area contributed by atoms with Crippen LogP contribution in [-0.2, 0) is 11.3 Å². The second-order valence-electron chi connectivity index (χ2n) is 5.39. The molecule has 1 N–H and O–H groups in total. The summed E-state index contributed by atoms with van der Waals surface area (Å²) < 4.78 is 6.88. The van der Waals surface area contributed by atoms with Crippen molar-refractivity contribution in [3.8, 4) is 11.1 Å². The lowest BCUT2D eigenvalue weighted by atomic mass is 10.2. The predicted octanol–water partition coefficient (Wildman–Crippen LogP) is 4.50. The Balaban J connectivity index is 1.83. The Morgan fingerprint density at radius 3 is 2.50 bits per heavy atom. The zero-order valence-electron chi connectivity index (χ0n) is 14.0. The van der Waals surface area contributed by atoms with Gasteiger partial charge in [-0.25, -0.2) is 9.48 Å². The van der Waals surface area contributed by atoms with Crippen molar-refractivity contribution in [2.75, 3.05) is 5.32 Å². The summed E-state index contributed by atoms with van der Waals surface area (Å²) in [5.74, 6) is 0.415. The molecule has 0 radical (unpaired) electrons. The van der Waals surface area contributed by atoms with Crippen molar-refractivity contribution in [1.82, 2.24) is 9.78 Å². The van der Waals surface area contributed by atoms with Crippen LogP contribution in [-0.4, -0.2) is 15.9 Å². The van der Waals surface area contributed by atoms with E-state index in [1.54, 1.807) is 11.6 Å². The molecule has 0 unspecified atom stereocenters. The summed E-state index contributed by atoms with van der Waals surface area (Å²) in [6, 6.07) is 18.8. The molecule has 26 heavy (non-hydrogen) atoms. The molecule has 1 aromatic heterocycles. The minimum absolute atomic E-state index is 0.159. The van der Waals surface area contributed by atoms with Gasteiger partial charge in [-0.3, -0.25) is 5.32 Å². The number of amides is 1. The Labute approximate surface area is 155 Å². The number of thiocyanates is 1. The standard InChI is InChI=1S/C19H16N4O2S/c1-14-17(26-13-20)18(23(22-14)16-10-6-3-7-11-16)21-19(24)25-12-15-8-4-2-5-9-15/h2-11H,12H2,1H3,(H,21,24). The third-order valence-corrected chi connectivity index (χ3v) is 4.37. The number of hydrogen-bond acceptors (Lipinski definition) is 5. The molecule has 0 bridgehead atoms. The van der Waals surface area contributed by atoms with Crippen LogP contribution in [0.4, 0.5) is 10.6 Å². The first-order valence-corrected chi connectivity index (χ1v) is 8.69. The molecule has 1 amide bonds. The van der Waals surface area contributed by atoms with Crippen LogP contribution in [0.5, 0.6) is 0 Å². The van der Waals surface area contributed by atoms with E-state index in [0.717, 1.165) is 23.0 Å². The highest BCUT2D eigenvalue weighted by Gasteiger charge is 2.20. The number of ether oxygens (including phenoxy) is 1. The van der Waals surface area contributed by atoms with E-state index in [-0.39, 0.29) is 6.61 Å². The highest BCUT2D eigenvalue weighted by molar-refractivity contribution is 8.03. The largest absolute Gasteiger partial charge is 0.444 e. The molecule has 0 aliphatic carbocycles. The number of benzene rings is 2. The van der Waals surface area contributed by atoms with E-state index < -0.39 is 6.09 Å². The molecule has 0 aliphatic heterocycles. The Bertz CT molecular complexity index is 933. The monoisotopic (exact) mass is 364 g/mol. The number of nitrogens with one attached hydrogen (secondary N) is 1. The summed E-state index contributed by atoms with van der Waals surface area (Å²) in [5, 5.41) is 18.3.